The molecule has 7 heteroatoms. The molecule has 0 amide bonds. The first-order valence-corrected chi connectivity index (χ1v) is 11.1. The van der Waals surface area contributed by atoms with Crippen LogP contribution >= 0.6 is 0 Å². The highest BCUT2D eigenvalue weighted by Crippen LogP contribution is 2.48. The average molecular weight is 469 g/mol. The predicted molar refractivity (Wildman–Crippen MR) is 137 cm³/mol. The minimum atomic E-state index is -0.638. The van der Waals surface area contributed by atoms with Crippen molar-refractivity contribution in [3.8, 4) is 39.1 Å². The summed E-state index contributed by atoms with van der Waals surface area (Å²) in [5.74, 6) is 0.437. The summed E-state index contributed by atoms with van der Waals surface area (Å²) < 4.78 is 5.67. The Kier molecular flexibility index (Phi) is 6.59. The van der Waals surface area contributed by atoms with Gasteiger partial charge in [0.25, 0.3) is 11.4 Å². The number of non-ortho nitro benzene ring substituents is 1. The molecule has 0 heterocycles. The molecule has 4 rings (SSSR count). The van der Waals surface area contributed by atoms with Crippen molar-refractivity contribution >= 4 is 11.4 Å². The smallest absolute Gasteiger partial charge is 0.284 e. The third-order valence-electron chi connectivity index (χ3n) is 6.06. The van der Waals surface area contributed by atoms with Gasteiger partial charge in [-0.1, -0.05) is 67.1 Å². The van der Waals surface area contributed by atoms with Gasteiger partial charge in [0, 0.05) is 17.2 Å². The summed E-state index contributed by atoms with van der Waals surface area (Å²) in [5, 5.41) is 23.3. The van der Waals surface area contributed by atoms with Crippen molar-refractivity contribution in [1.29, 1.82) is 0 Å². The second kappa shape index (κ2) is 9.77. The Morgan fingerprint density at radius 3 is 1.94 bits per heavy atom. The van der Waals surface area contributed by atoms with Crippen molar-refractivity contribution in [3.05, 3.63) is 110 Å². The normalized spacial score (nSPS) is 10.7. The second-order valence-electron chi connectivity index (χ2n) is 8.20. The molecule has 0 aliphatic heterocycles. The Labute approximate surface area is 202 Å². The van der Waals surface area contributed by atoms with E-state index in [-0.39, 0.29) is 16.9 Å². The molecule has 7 nitrogen and oxygen atoms in total. The SMILES string of the molecule is CCc1ccc(-c2ccc(OC)c(-c3ccc([N+](=O)[O-])cc3[N+](=O)[O-])c2-c2ccc(C)cc2)cc1. The Hall–Kier alpha value is -4.52. The fourth-order valence-corrected chi connectivity index (χ4v) is 4.20. The quantitative estimate of drug-likeness (QED) is 0.208. The molecule has 0 atom stereocenters. The molecular formula is C28H24N2O5. The minimum absolute atomic E-state index is 0.250. The minimum Gasteiger partial charge on any atom is -0.496 e. The maximum absolute atomic E-state index is 12.0. The molecule has 4 aromatic rings. The van der Waals surface area contributed by atoms with Gasteiger partial charge in [0.1, 0.15) is 5.75 Å². The summed E-state index contributed by atoms with van der Waals surface area (Å²) in [4.78, 5) is 22.1. The Morgan fingerprint density at radius 1 is 0.743 bits per heavy atom. The first-order chi connectivity index (χ1) is 16.8. The van der Waals surface area contributed by atoms with E-state index in [1.165, 1.54) is 24.8 Å². The Balaban J connectivity index is 2.11. The molecule has 0 unspecified atom stereocenters. The van der Waals surface area contributed by atoms with Gasteiger partial charge in [-0.05, 0) is 47.7 Å². The fourth-order valence-electron chi connectivity index (χ4n) is 4.20. The van der Waals surface area contributed by atoms with Gasteiger partial charge in [-0.15, -0.1) is 0 Å². The van der Waals surface area contributed by atoms with Gasteiger partial charge < -0.3 is 4.74 Å². The molecule has 0 N–H and O–H groups in total. The maximum Gasteiger partial charge on any atom is 0.284 e. The third-order valence-corrected chi connectivity index (χ3v) is 6.06. The van der Waals surface area contributed by atoms with E-state index in [9.17, 15) is 20.2 Å². The number of hydrogen-bond donors (Lipinski definition) is 0. The molecule has 4 aromatic carbocycles. The molecule has 35 heavy (non-hydrogen) atoms. The number of nitro groups is 2. The van der Waals surface area contributed by atoms with Crippen LogP contribution in [0.1, 0.15) is 18.1 Å². The third kappa shape index (κ3) is 4.61. The van der Waals surface area contributed by atoms with Gasteiger partial charge in [0.05, 0.1) is 28.6 Å². The van der Waals surface area contributed by atoms with Crippen molar-refractivity contribution in [1.82, 2.24) is 0 Å². The van der Waals surface area contributed by atoms with Crippen LogP contribution in [0.25, 0.3) is 33.4 Å². The number of benzene rings is 4. The highest BCUT2D eigenvalue weighted by Gasteiger charge is 2.27. The standard InChI is InChI=1S/C28H24N2O5/c1-4-19-7-11-20(12-8-19)23-15-16-26(35-3)28(27(23)21-9-5-18(2)6-10-21)24-14-13-22(29(31)32)17-25(24)30(33)34/h5-17H,4H2,1-3H3. The highest BCUT2D eigenvalue weighted by molar-refractivity contribution is 5.99. The van der Waals surface area contributed by atoms with Gasteiger partial charge in [-0.2, -0.15) is 0 Å². The van der Waals surface area contributed by atoms with Crippen LogP contribution in [0.2, 0.25) is 0 Å². The lowest BCUT2D eigenvalue weighted by Gasteiger charge is -2.19. The van der Waals surface area contributed by atoms with E-state index in [0.29, 0.717) is 11.3 Å². The largest absolute Gasteiger partial charge is 0.496 e. The number of methoxy groups -OCH3 is 1. The second-order valence-corrected chi connectivity index (χ2v) is 8.20. The van der Waals surface area contributed by atoms with E-state index in [1.54, 1.807) is 6.07 Å². The monoisotopic (exact) mass is 468 g/mol. The molecule has 0 fully saturated rings. The summed E-state index contributed by atoms with van der Waals surface area (Å²) in [6, 6.07) is 23.5. The van der Waals surface area contributed by atoms with E-state index in [4.69, 9.17) is 4.74 Å². The van der Waals surface area contributed by atoms with E-state index < -0.39 is 9.85 Å². The van der Waals surface area contributed by atoms with Gasteiger partial charge in [-0.3, -0.25) is 20.2 Å². The average Bonchev–Trinajstić information content (AvgIpc) is 2.88. The lowest BCUT2D eigenvalue weighted by Crippen LogP contribution is -2.00. The van der Waals surface area contributed by atoms with Crippen molar-refractivity contribution in [2.75, 3.05) is 7.11 Å². The number of aryl methyl sites for hydroxylation is 2. The van der Waals surface area contributed by atoms with Crippen molar-refractivity contribution in [2.45, 2.75) is 20.3 Å². The van der Waals surface area contributed by atoms with E-state index >= 15 is 0 Å². The molecule has 0 aliphatic rings. The number of nitrogens with zero attached hydrogens (tertiary/aromatic N) is 2. The molecule has 0 saturated carbocycles. The predicted octanol–water partition coefficient (Wildman–Crippen LogP) is 7.38. The molecule has 0 radical (unpaired) electrons. The lowest BCUT2D eigenvalue weighted by molar-refractivity contribution is -0.393. The Bertz CT molecular complexity index is 1410. The van der Waals surface area contributed by atoms with Gasteiger partial charge in [0.15, 0.2) is 0 Å². The number of rotatable bonds is 7. The first-order valence-electron chi connectivity index (χ1n) is 11.1. The van der Waals surface area contributed by atoms with Crippen LogP contribution in [0.15, 0.2) is 78.9 Å². The lowest BCUT2D eigenvalue weighted by atomic mass is 9.86. The summed E-state index contributed by atoms with van der Waals surface area (Å²) >= 11 is 0. The van der Waals surface area contributed by atoms with Gasteiger partial charge in [-0.25, -0.2) is 0 Å². The van der Waals surface area contributed by atoms with Crippen molar-refractivity contribution in [2.24, 2.45) is 0 Å². The van der Waals surface area contributed by atoms with Crippen LogP contribution < -0.4 is 4.74 Å². The molecule has 0 bridgehead atoms. The summed E-state index contributed by atoms with van der Waals surface area (Å²) in [7, 11) is 1.50. The summed E-state index contributed by atoms with van der Waals surface area (Å²) in [6.07, 6.45) is 0.911. The zero-order valence-electron chi connectivity index (χ0n) is 19.6. The fraction of sp³-hybridized carbons (Fsp3) is 0.143. The highest BCUT2D eigenvalue weighted by atomic mass is 16.6. The first kappa shape index (κ1) is 23.6. The van der Waals surface area contributed by atoms with Crippen molar-refractivity contribution < 1.29 is 14.6 Å². The molecular weight excluding hydrogens is 444 g/mol. The molecule has 0 aromatic heterocycles. The topological polar surface area (TPSA) is 95.5 Å². The number of hydrogen-bond acceptors (Lipinski definition) is 5. The summed E-state index contributed by atoms with van der Waals surface area (Å²) in [6.45, 7) is 4.08. The maximum atomic E-state index is 12.0. The molecule has 0 saturated heterocycles. The zero-order valence-corrected chi connectivity index (χ0v) is 19.6. The van der Waals surface area contributed by atoms with Crippen LogP contribution in [0.5, 0.6) is 5.75 Å². The molecule has 176 valence electrons. The van der Waals surface area contributed by atoms with Crippen LogP contribution in [-0.4, -0.2) is 17.0 Å². The van der Waals surface area contributed by atoms with E-state index in [2.05, 4.69) is 19.1 Å². The summed E-state index contributed by atoms with van der Waals surface area (Å²) in [5.41, 5.74) is 5.77. The van der Waals surface area contributed by atoms with E-state index in [0.717, 1.165) is 40.3 Å². The molecule has 0 spiro atoms. The van der Waals surface area contributed by atoms with Gasteiger partial charge >= 0.3 is 0 Å². The Morgan fingerprint density at radius 2 is 1.37 bits per heavy atom. The van der Waals surface area contributed by atoms with Crippen LogP contribution in [0.3, 0.4) is 0 Å². The van der Waals surface area contributed by atoms with Crippen LogP contribution in [0.4, 0.5) is 11.4 Å². The van der Waals surface area contributed by atoms with Crippen LogP contribution in [-0.2, 0) is 6.42 Å². The molecule has 0 aliphatic carbocycles. The number of ether oxygens (including phenoxy) is 1. The number of nitro benzene ring substituents is 2. The van der Waals surface area contributed by atoms with E-state index in [1.807, 2.05) is 49.4 Å². The van der Waals surface area contributed by atoms with Crippen LogP contribution in [0, 0.1) is 27.2 Å². The zero-order chi connectivity index (χ0) is 25.1. The van der Waals surface area contributed by atoms with Crippen molar-refractivity contribution in [3.63, 3.8) is 0 Å². The van der Waals surface area contributed by atoms with Gasteiger partial charge in [0.2, 0.25) is 0 Å².